The van der Waals surface area contributed by atoms with Crippen molar-refractivity contribution in [2.45, 2.75) is 20.4 Å². The van der Waals surface area contributed by atoms with Crippen LogP contribution in [0.1, 0.15) is 18.1 Å². The number of aromatic hydroxyl groups is 1. The SMILES string of the molecule is CCOc1cccc(CNc2ccc(C)c(F)c2)c1O. The van der Waals surface area contributed by atoms with E-state index in [1.165, 1.54) is 6.07 Å². The lowest BCUT2D eigenvalue weighted by Gasteiger charge is -2.12. The van der Waals surface area contributed by atoms with Gasteiger partial charge in [0.25, 0.3) is 0 Å². The van der Waals surface area contributed by atoms with Crippen molar-refractivity contribution in [1.29, 1.82) is 0 Å². The average Bonchev–Trinajstić information content (AvgIpc) is 2.44. The van der Waals surface area contributed by atoms with Crippen LogP contribution in [0, 0.1) is 12.7 Å². The van der Waals surface area contributed by atoms with Gasteiger partial charge in [0.15, 0.2) is 11.5 Å². The van der Waals surface area contributed by atoms with E-state index in [-0.39, 0.29) is 11.6 Å². The quantitative estimate of drug-likeness (QED) is 0.871. The summed E-state index contributed by atoms with van der Waals surface area (Å²) >= 11 is 0. The third-order valence-corrected chi connectivity index (χ3v) is 3.04. The summed E-state index contributed by atoms with van der Waals surface area (Å²) in [6.45, 7) is 4.47. The lowest BCUT2D eigenvalue weighted by molar-refractivity contribution is 0.317. The van der Waals surface area contributed by atoms with Crippen molar-refractivity contribution in [2.75, 3.05) is 11.9 Å². The second-order valence-electron chi connectivity index (χ2n) is 4.51. The lowest BCUT2D eigenvalue weighted by atomic mass is 10.1. The number of phenolic OH excluding ortho intramolecular Hbond substituents is 1. The Labute approximate surface area is 118 Å². The molecule has 0 heterocycles. The molecule has 2 rings (SSSR count). The van der Waals surface area contributed by atoms with Crippen LogP contribution in [0.3, 0.4) is 0 Å². The minimum Gasteiger partial charge on any atom is -0.504 e. The zero-order chi connectivity index (χ0) is 14.5. The molecule has 0 radical (unpaired) electrons. The molecule has 0 saturated carbocycles. The minimum absolute atomic E-state index is 0.120. The number of phenols is 1. The molecule has 0 amide bonds. The van der Waals surface area contributed by atoms with E-state index in [1.807, 2.05) is 19.1 Å². The van der Waals surface area contributed by atoms with Crippen LogP contribution >= 0.6 is 0 Å². The normalized spacial score (nSPS) is 10.3. The summed E-state index contributed by atoms with van der Waals surface area (Å²) in [5.41, 5.74) is 1.99. The summed E-state index contributed by atoms with van der Waals surface area (Å²) < 4.78 is 18.8. The molecule has 0 aromatic heterocycles. The number of hydrogen-bond donors (Lipinski definition) is 2. The van der Waals surface area contributed by atoms with Gasteiger partial charge in [0.1, 0.15) is 5.82 Å². The molecule has 0 saturated heterocycles. The molecule has 0 aliphatic rings. The van der Waals surface area contributed by atoms with Crippen molar-refractivity contribution >= 4 is 5.69 Å². The Morgan fingerprint density at radius 3 is 2.75 bits per heavy atom. The number of nitrogens with one attached hydrogen (secondary N) is 1. The van der Waals surface area contributed by atoms with E-state index in [0.717, 1.165) is 0 Å². The van der Waals surface area contributed by atoms with Crippen molar-refractivity contribution in [3.63, 3.8) is 0 Å². The predicted molar refractivity (Wildman–Crippen MR) is 77.7 cm³/mol. The first-order chi connectivity index (χ1) is 9.61. The Bertz CT molecular complexity index is 599. The van der Waals surface area contributed by atoms with Crippen molar-refractivity contribution < 1.29 is 14.2 Å². The van der Waals surface area contributed by atoms with E-state index in [0.29, 0.717) is 35.7 Å². The monoisotopic (exact) mass is 275 g/mol. The Morgan fingerprint density at radius 1 is 1.25 bits per heavy atom. The molecule has 106 valence electrons. The third-order valence-electron chi connectivity index (χ3n) is 3.04. The van der Waals surface area contributed by atoms with Crippen LogP contribution in [0.25, 0.3) is 0 Å². The fourth-order valence-corrected chi connectivity index (χ4v) is 1.88. The van der Waals surface area contributed by atoms with Crippen LogP contribution in [-0.4, -0.2) is 11.7 Å². The summed E-state index contributed by atoms with van der Waals surface area (Å²) in [6, 6.07) is 10.3. The fourth-order valence-electron chi connectivity index (χ4n) is 1.88. The zero-order valence-electron chi connectivity index (χ0n) is 11.6. The van der Waals surface area contributed by atoms with Crippen LogP contribution in [0.15, 0.2) is 36.4 Å². The topological polar surface area (TPSA) is 41.5 Å². The fraction of sp³-hybridized carbons (Fsp3) is 0.250. The second-order valence-corrected chi connectivity index (χ2v) is 4.51. The van der Waals surface area contributed by atoms with Gasteiger partial charge < -0.3 is 15.2 Å². The summed E-state index contributed by atoms with van der Waals surface area (Å²) in [7, 11) is 0. The summed E-state index contributed by atoms with van der Waals surface area (Å²) in [4.78, 5) is 0. The highest BCUT2D eigenvalue weighted by Gasteiger charge is 2.07. The van der Waals surface area contributed by atoms with Crippen molar-refractivity contribution in [3.05, 3.63) is 53.3 Å². The Kier molecular flexibility index (Phi) is 4.45. The van der Waals surface area contributed by atoms with Gasteiger partial charge in [-0.2, -0.15) is 0 Å². The highest BCUT2D eigenvalue weighted by molar-refractivity contribution is 5.50. The number of ether oxygens (including phenoxy) is 1. The zero-order valence-corrected chi connectivity index (χ0v) is 11.6. The van der Waals surface area contributed by atoms with Gasteiger partial charge >= 0.3 is 0 Å². The largest absolute Gasteiger partial charge is 0.504 e. The Balaban J connectivity index is 2.10. The number of aryl methyl sites for hydroxylation is 1. The van der Waals surface area contributed by atoms with Crippen molar-refractivity contribution in [3.8, 4) is 11.5 Å². The van der Waals surface area contributed by atoms with Crippen LogP contribution in [0.4, 0.5) is 10.1 Å². The summed E-state index contributed by atoms with van der Waals surface area (Å²) in [5.74, 6) is 0.332. The van der Waals surface area contributed by atoms with E-state index in [2.05, 4.69) is 5.32 Å². The number of anilines is 1. The van der Waals surface area contributed by atoms with E-state index >= 15 is 0 Å². The first kappa shape index (κ1) is 14.2. The van der Waals surface area contributed by atoms with Crippen LogP contribution in [-0.2, 0) is 6.54 Å². The molecule has 0 atom stereocenters. The van der Waals surface area contributed by atoms with Crippen LogP contribution in [0.2, 0.25) is 0 Å². The third kappa shape index (κ3) is 3.20. The molecule has 2 aromatic rings. The molecule has 2 N–H and O–H groups in total. The van der Waals surface area contributed by atoms with Gasteiger partial charge in [-0.15, -0.1) is 0 Å². The smallest absolute Gasteiger partial charge is 0.162 e. The molecular formula is C16H18FNO2. The highest BCUT2D eigenvalue weighted by Crippen LogP contribution is 2.30. The number of hydrogen-bond acceptors (Lipinski definition) is 3. The van der Waals surface area contributed by atoms with E-state index in [4.69, 9.17) is 4.74 Å². The number of rotatable bonds is 5. The van der Waals surface area contributed by atoms with Crippen LogP contribution < -0.4 is 10.1 Å². The Morgan fingerprint density at radius 2 is 2.05 bits per heavy atom. The van der Waals surface area contributed by atoms with Crippen LogP contribution in [0.5, 0.6) is 11.5 Å². The van der Waals surface area contributed by atoms with Gasteiger partial charge in [-0.05, 0) is 37.6 Å². The molecule has 0 bridgehead atoms. The van der Waals surface area contributed by atoms with Crippen molar-refractivity contribution in [1.82, 2.24) is 0 Å². The van der Waals surface area contributed by atoms with Gasteiger partial charge in [0.2, 0.25) is 0 Å². The molecule has 0 fully saturated rings. The molecular weight excluding hydrogens is 257 g/mol. The molecule has 0 aliphatic carbocycles. The molecule has 0 aliphatic heterocycles. The predicted octanol–water partition coefficient (Wildman–Crippen LogP) is 3.85. The lowest BCUT2D eigenvalue weighted by Crippen LogP contribution is -2.01. The minimum atomic E-state index is -0.248. The average molecular weight is 275 g/mol. The van der Waals surface area contributed by atoms with E-state index < -0.39 is 0 Å². The number of benzene rings is 2. The van der Waals surface area contributed by atoms with Gasteiger partial charge in [0.05, 0.1) is 6.61 Å². The summed E-state index contributed by atoms with van der Waals surface area (Å²) in [6.07, 6.45) is 0. The van der Waals surface area contributed by atoms with Gasteiger partial charge in [-0.3, -0.25) is 0 Å². The molecule has 20 heavy (non-hydrogen) atoms. The van der Waals surface area contributed by atoms with Gasteiger partial charge in [0, 0.05) is 17.8 Å². The standard InChI is InChI=1S/C16H18FNO2/c1-3-20-15-6-4-5-12(16(15)19)10-18-13-8-7-11(2)14(17)9-13/h4-9,18-19H,3,10H2,1-2H3. The van der Waals surface area contributed by atoms with E-state index in [1.54, 1.807) is 25.1 Å². The molecule has 3 nitrogen and oxygen atoms in total. The molecule has 2 aromatic carbocycles. The van der Waals surface area contributed by atoms with Gasteiger partial charge in [-0.25, -0.2) is 4.39 Å². The summed E-state index contributed by atoms with van der Waals surface area (Å²) in [5, 5.41) is 13.1. The first-order valence-corrected chi connectivity index (χ1v) is 6.55. The first-order valence-electron chi connectivity index (χ1n) is 6.55. The molecule has 0 spiro atoms. The maximum Gasteiger partial charge on any atom is 0.162 e. The maximum absolute atomic E-state index is 13.4. The number of para-hydroxylation sites is 1. The molecule has 0 unspecified atom stereocenters. The maximum atomic E-state index is 13.4. The van der Waals surface area contributed by atoms with Crippen molar-refractivity contribution in [2.24, 2.45) is 0 Å². The number of halogens is 1. The van der Waals surface area contributed by atoms with Gasteiger partial charge in [-0.1, -0.05) is 18.2 Å². The Hall–Kier alpha value is -2.23. The second kappa shape index (κ2) is 6.28. The molecule has 4 heteroatoms. The van der Waals surface area contributed by atoms with E-state index in [9.17, 15) is 9.50 Å². The highest BCUT2D eigenvalue weighted by atomic mass is 19.1.